The summed E-state index contributed by atoms with van der Waals surface area (Å²) in [7, 11) is 0. The molecule has 2 N–H and O–H groups in total. The minimum Gasteiger partial charge on any atom is -0.457 e. The standard InChI is InChI=1S/C16H18N2O3/c1-16(2,3)21-14(19)9-8-12-10-11-6-4-5-7-13(11)18(12)15(17)20/h4-10H,1-3H3,(H2,17,20)/b9-8+. The summed E-state index contributed by atoms with van der Waals surface area (Å²) in [6.45, 7) is 5.37. The van der Waals surface area contributed by atoms with Crippen molar-refractivity contribution in [2.45, 2.75) is 26.4 Å². The molecular formula is C16H18N2O3. The Hall–Kier alpha value is -2.56. The van der Waals surface area contributed by atoms with Gasteiger partial charge in [0.1, 0.15) is 5.60 Å². The number of aromatic nitrogens is 1. The first-order valence-electron chi connectivity index (χ1n) is 6.59. The first-order chi connectivity index (χ1) is 9.78. The summed E-state index contributed by atoms with van der Waals surface area (Å²) in [6.07, 6.45) is 2.82. The molecule has 0 aliphatic rings. The molecule has 5 heteroatoms. The second kappa shape index (κ2) is 5.44. The molecule has 0 aliphatic heterocycles. The summed E-state index contributed by atoms with van der Waals surface area (Å²) in [5, 5.41) is 0.875. The van der Waals surface area contributed by atoms with Gasteiger partial charge in [-0.3, -0.25) is 4.57 Å². The lowest BCUT2D eigenvalue weighted by Crippen LogP contribution is -2.22. The van der Waals surface area contributed by atoms with Crippen LogP contribution in [0.3, 0.4) is 0 Å². The van der Waals surface area contributed by atoms with Gasteiger partial charge >= 0.3 is 12.0 Å². The van der Waals surface area contributed by atoms with E-state index in [0.29, 0.717) is 11.2 Å². The predicted octanol–water partition coefficient (Wildman–Crippen LogP) is 2.92. The van der Waals surface area contributed by atoms with Gasteiger partial charge in [-0.25, -0.2) is 9.59 Å². The molecule has 1 heterocycles. The van der Waals surface area contributed by atoms with E-state index in [9.17, 15) is 9.59 Å². The van der Waals surface area contributed by atoms with Gasteiger partial charge in [-0.1, -0.05) is 18.2 Å². The lowest BCUT2D eigenvalue weighted by Gasteiger charge is -2.17. The van der Waals surface area contributed by atoms with E-state index in [1.54, 1.807) is 32.9 Å². The first kappa shape index (κ1) is 14.8. The van der Waals surface area contributed by atoms with Crippen LogP contribution >= 0.6 is 0 Å². The lowest BCUT2D eigenvalue weighted by molar-refractivity contribution is -0.148. The fourth-order valence-corrected chi connectivity index (χ4v) is 2.03. The van der Waals surface area contributed by atoms with Gasteiger partial charge in [0.15, 0.2) is 0 Å². The van der Waals surface area contributed by atoms with Gasteiger partial charge in [0.25, 0.3) is 0 Å². The summed E-state index contributed by atoms with van der Waals surface area (Å²) in [5.41, 5.74) is 6.09. The van der Waals surface area contributed by atoms with Crippen molar-refractivity contribution >= 4 is 29.0 Å². The monoisotopic (exact) mass is 286 g/mol. The molecule has 2 rings (SSSR count). The summed E-state index contributed by atoms with van der Waals surface area (Å²) >= 11 is 0. The second-order valence-corrected chi connectivity index (χ2v) is 5.67. The predicted molar refractivity (Wildman–Crippen MR) is 81.8 cm³/mol. The van der Waals surface area contributed by atoms with E-state index in [4.69, 9.17) is 10.5 Å². The Morgan fingerprint density at radius 1 is 1.24 bits per heavy atom. The van der Waals surface area contributed by atoms with E-state index in [2.05, 4.69) is 0 Å². The Morgan fingerprint density at radius 3 is 2.52 bits per heavy atom. The molecule has 2 aromatic rings. The van der Waals surface area contributed by atoms with Crippen LogP contribution < -0.4 is 5.73 Å². The number of hydrogen-bond donors (Lipinski definition) is 1. The van der Waals surface area contributed by atoms with E-state index >= 15 is 0 Å². The van der Waals surface area contributed by atoms with Crippen molar-refractivity contribution in [1.82, 2.24) is 4.57 Å². The van der Waals surface area contributed by atoms with E-state index in [-0.39, 0.29) is 0 Å². The number of amides is 1. The van der Waals surface area contributed by atoms with Crippen molar-refractivity contribution in [3.8, 4) is 0 Å². The number of ether oxygens (including phenoxy) is 1. The third-order valence-electron chi connectivity index (χ3n) is 2.76. The van der Waals surface area contributed by atoms with Crippen LogP contribution in [0, 0.1) is 0 Å². The normalized spacial score (nSPS) is 12.0. The third-order valence-corrected chi connectivity index (χ3v) is 2.76. The number of carbonyl (C=O) groups is 2. The van der Waals surface area contributed by atoms with Gasteiger partial charge in [0.2, 0.25) is 0 Å². The molecule has 0 aliphatic carbocycles. The van der Waals surface area contributed by atoms with Crippen LogP contribution in [0.15, 0.2) is 36.4 Å². The highest BCUT2D eigenvalue weighted by Crippen LogP contribution is 2.20. The number of fused-ring (bicyclic) bond motifs is 1. The summed E-state index contributed by atoms with van der Waals surface area (Å²) in [6, 6.07) is 8.56. The molecule has 0 atom stereocenters. The molecule has 1 amide bonds. The molecule has 0 unspecified atom stereocenters. The molecule has 0 fully saturated rings. The quantitative estimate of drug-likeness (QED) is 0.681. The highest BCUT2D eigenvalue weighted by atomic mass is 16.6. The van der Waals surface area contributed by atoms with Crippen molar-refractivity contribution in [3.05, 3.63) is 42.1 Å². The number of esters is 1. The zero-order valence-corrected chi connectivity index (χ0v) is 12.3. The number of benzene rings is 1. The number of rotatable bonds is 2. The Kier molecular flexibility index (Phi) is 3.84. The van der Waals surface area contributed by atoms with Crippen LogP contribution in [-0.4, -0.2) is 22.2 Å². The van der Waals surface area contributed by atoms with Gasteiger partial charge in [-0.2, -0.15) is 0 Å². The molecule has 1 aromatic heterocycles. The molecule has 110 valence electrons. The SMILES string of the molecule is CC(C)(C)OC(=O)/C=C/c1cc2ccccc2n1C(N)=O. The first-order valence-corrected chi connectivity index (χ1v) is 6.59. The van der Waals surface area contributed by atoms with Gasteiger partial charge < -0.3 is 10.5 Å². The van der Waals surface area contributed by atoms with Crippen molar-refractivity contribution in [1.29, 1.82) is 0 Å². The Morgan fingerprint density at radius 2 is 1.90 bits per heavy atom. The van der Waals surface area contributed by atoms with E-state index in [1.165, 1.54) is 16.7 Å². The van der Waals surface area contributed by atoms with Crippen LogP contribution in [0.25, 0.3) is 17.0 Å². The van der Waals surface area contributed by atoms with Crippen LogP contribution in [0.5, 0.6) is 0 Å². The largest absolute Gasteiger partial charge is 0.457 e. The van der Waals surface area contributed by atoms with Gasteiger partial charge in [-0.15, -0.1) is 0 Å². The number of nitrogens with two attached hydrogens (primary N) is 1. The van der Waals surface area contributed by atoms with Crippen molar-refractivity contribution < 1.29 is 14.3 Å². The van der Waals surface area contributed by atoms with Crippen LogP contribution in [0.2, 0.25) is 0 Å². The topological polar surface area (TPSA) is 74.3 Å². The Labute approximate surface area is 123 Å². The third kappa shape index (κ3) is 3.51. The van der Waals surface area contributed by atoms with E-state index in [1.807, 2.05) is 18.2 Å². The van der Waals surface area contributed by atoms with Crippen LogP contribution in [-0.2, 0) is 9.53 Å². The van der Waals surface area contributed by atoms with Crippen LogP contribution in [0.4, 0.5) is 4.79 Å². The van der Waals surface area contributed by atoms with Gasteiger partial charge in [0.05, 0.1) is 11.2 Å². The maximum Gasteiger partial charge on any atom is 0.331 e. The highest BCUT2D eigenvalue weighted by Gasteiger charge is 2.15. The van der Waals surface area contributed by atoms with Crippen molar-refractivity contribution in [2.75, 3.05) is 0 Å². The van der Waals surface area contributed by atoms with Gasteiger partial charge in [0, 0.05) is 11.5 Å². The average Bonchev–Trinajstić information content (AvgIpc) is 2.72. The maximum atomic E-state index is 11.7. The number of para-hydroxylation sites is 1. The number of hydrogen-bond acceptors (Lipinski definition) is 3. The van der Waals surface area contributed by atoms with E-state index in [0.717, 1.165) is 5.39 Å². The molecule has 1 aromatic carbocycles. The summed E-state index contributed by atoms with van der Waals surface area (Å²) in [5.74, 6) is -0.469. The minimum absolute atomic E-state index is 0.469. The van der Waals surface area contributed by atoms with E-state index < -0.39 is 17.6 Å². The minimum atomic E-state index is -0.597. The van der Waals surface area contributed by atoms with Crippen molar-refractivity contribution in [3.63, 3.8) is 0 Å². The summed E-state index contributed by atoms with van der Waals surface area (Å²) in [4.78, 5) is 23.3. The number of nitrogens with zero attached hydrogens (tertiary/aromatic N) is 1. The lowest BCUT2D eigenvalue weighted by atomic mass is 10.2. The molecule has 0 bridgehead atoms. The highest BCUT2D eigenvalue weighted by molar-refractivity contribution is 5.96. The molecule has 0 spiro atoms. The smallest absolute Gasteiger partial charge is 0.331 e. The average molecular weight is 286 g/mol. The Bertz CT molecular complexity index is 721. The second-order valence-electron chi connectivity index (χ2n) is 5.67. The molecule has 21 heavy (non-hydrogen) atoms. The Balaban J connectivity index is 2.36. The van der Waals surface area contributed by atoms with Crippen molar-refractivity contribution in [2.24, 2.45) is 5.73 Å². The number of carbonyl (C=O) groups excluding carboxylic acids is 2. The molecule has 0 saturated carbocycles. The summed E-state index contributed by atoms with van der Waals surface area (Å²) < 4.78 is 6.54. The molecule has 0 saturated heterocycles. The van der Waals surface area contributed by atoms with Crippen LogP contribution in [0.1, 0.15) is 26.5 Å². The fraction of sp³-hybridized carbons (Fsp3) is 0.250. The molecule has 0 radical (unpaired) electrons. The van der Waals surface area contributed by atoms with Gasteiger partial charge in [-0.05, 0) is 39.0 Å². The maximum absolute atomic E-state index is 11.7. The molecule has 5 nitrogen and oxygen atoms in total. The fourth-order valence-electron chi connectivity index (χ4n) is 2.03. The number of primary amides is 1. The molecular weight excluding hydrogens is 268 g/mol. The zero-order chi connectivity index (χ0) is 15.6. The zero-order valence-electron chi connectivity index (χ0n) is 12.3.